The Kier molecular flexibility index (Phi) is 6.47. The van der Waals surface area contributed by atoms with Gasteiger partial charge in [0.25, 0.3) is 0 Å². The van der Waals surface area contributed by atoms with Crippen LogP contribution in [0, 0.1) is 0 Å². The molecular weight excluding hydrogens is 335 g/mol. The first kappa shape index (κ1) is 20.0. The van der Waals surface area contributed by atoms with Gasteiger partial charge in [-0.2, -0.15) is 0 Å². The number of piperazine rings is 1. The minimum absolute atomic E-state index is 0.131. The second kappa shape index (κ2) is 8.40. The quantitative estimate of drug-likeness (QED) is 0.727. The number of carbonyl (C=O) groups is 2. The summed E-state index contributed by atoms with van der Waals surface area (Å²) in [7, 11) is 1.01. The van der Waals surface area contributed by atoms with Gasteiger partial charge in [0, 0.05) is 32.4 Å². The summed E-state index contributed by atoms with van der Waals surface area (Å²) in [6.45, 7) is 9.39. The molecule has 0 aliphatic carbocycles. The van der Waals surface area contributed by atoms with Crippen molar-refractivity contribution in [2.75, 3.05) is 31.1 Å². The molecule has 1 aliphatic heterocycles. The number of anilines is 1. The highest BCUT2D eigenvalue weighted by Gasteiger charge is 2.27. The van der Waals surface area contributed by atoms with Crippen molar-refractivity contribution in [3.05, 3.63) is 18.3 Å². The number of carbonyl (C=O) groups excluding carboxylic acids is 2. The average Bonchev–Trinajstić information content (AvgIpc) is 2.59. The van der Waals surface area contributed by atoms with Crippen LogP contribution in [0.15, 0.2) is 18.3 Å². The predicted octanol–water partition coefficient (Wildman–Crippen LogP) is -0.120. The van der Waals surface area contributed by atoms with Gasteiger partial charge in [-0.25, -0.2) is 9.78 Å². The Hall–Kier alpha value is -2.29. The molecule has 26 heavy (non-hydrogen) atoms. The topological polar surface area (TPSA) is 95.0 Å². The molecule has 2 amide bonds. The molecule has 0 spiro atoms. The summed E-state index contributed by atoms with van der Waals surface area (Å²) < 4.78 is 5.18. The lowest BCUT2D eigenvalue weighted by Gasteiger charge is -2.36. The monoisotopic (exact) mass is 361 g/mol. The molecule has 2 N–H and O–H groups in total. The van der Waals surface area contributed by atoms with Crippen LogP contribution in [0.3, 0.4) is 0 Å². The fraction of sp³-hybridized carbons (Fsp3) is 0.588. The summed E-state index contributed by atoms with van der Waals surface area (Å²) in [6.07, 6.45) is 1.00. The SMILES string of the molecule is CC(NC(=O)OC(C)(C)C)C(=O)N1CCN(c2ccc([B]O)cn2)CC1. The van der Waals surface area contributed by atoms with Gasteiger partial charge < -0.3 is 24.9 Å². The van der Waals surface area contributed by atoms with Crippen LogP contribution in [-0.2, 0) is 9.53 Å². The number of aromatic nitrogens is 1. The highest BCUT2D eigenvalue weighted by atomic mass is 16.6. The Balaban J connectivity index is 1.84. The van der Waals surface area contributed by atoms with Gasteiger partial charge in [0.2, 0.25) is 5.91 Å². The van der Waals surface area contributed by atoms with Crippen molar-refractivity contribution in [2.45, 2.75) is 39.3 Å². The molecule has 141 valence electrons. The van der Waals surface area contributed by atoms with Crippen LogP contribution in [-0.4, -0.2) is 72.2 Å². The van der Waals surface area contributed by atoms with E-state index in [-0.39, 0.29) is 5.91 Å². The molecule has 0 bridgehead atoms. The van der Waals surface area contributed by atoms with Gasteiger partial charge in [0.05, 0.1) is 0 Å². The fourth-order valence-corrected chi connectivity index (χ4v) is 2.64. The van der Waals surface area contributed by atoms with E-state index in [1.807, 2.05) is 6.07 Å². The number of ether oxygens (including phenoxy) is 1. The summed E-state index contributed by atoms with van der Waals surface area (Å²) in [5.41, 5.74) is 0.0408. The van der Waals surface area contributed by atoms with E-state index in [0.717, 1.165) is 13.3 Å². The van der Waals surface area contributed by atoms with Crippen LogP contribution < -0.4 is 15.7 Å². The maximum absolute atomic E-state index is 12.5. The summed E-state index contributed by atoms with van der Waals surface area (Å²) in [5.74, 6) is 0.677. The van der Waals surface area contributed by atoms with Crippen molar-refractivity contribution in [1.82, 2.24) is 15.2 Å². The van der Waals surface area contributed by atoms with Crippen LogP contribution >= 0.6 is 0 Å². The molecule has 1 radical (unpaired) electrons. The minimum atomic E-state index is -0.645. The maximum Gasteiger partial charge on any atom is 0.408 e. The summed E-state index contributed by atoms with van der Waals surface area (Å²) in [6, 6.07) is 2.98. The molecule has 1 unspecified atom stereocenters. The van der Waals surface area contributed by atoms with Crippen molar-refractivity contribution < 1.29 is 19.3 Å². The average molecular weight is 361 g/mol. The Morgan fingerprint density at radius 1 is 1.27 bits per heavy atom. The van der Waals surface area contributed by atoms with Gasteiger partial charge in [0.1, 0.15) is 17.5 Å². The molecule has 1 aliphatic rings. The van der Waals surface area contributed by atoms with E-state index < -0.39 is 17.7 Å². The van der Waals surface area contributed by atoms with Crippen molar-refractivity contribution in [3.8, 4) is 0 Å². The van der Waals surface area contributed by atoms with E-state index in [1.54, 1.807) is 44.9 Å². The van der Waals surface area contributed by atoms with Crippen LogP contribution in [0.4, 0.5) is 10.6 Å². The Morgan fingerprint density at radius 2 is 1.92 bits per heavy atom. The van der Waals surface area contributed by atoms with Gasteiger partial charge in [-0.3, -0.25) is 4.79 Å². The molecule has 1 saturated heterocycles. The van der Waals surface area contributed by atoms with Gasteiger partial charge in [-0.1, -0.05) is 6.07 Å². The number of nitrogens with one attached hydrogen (secondary N) is 1. The minimum Gasteiger partial charge on any atom is -0.450 e. The summed E-state index contributed by atoms with van der Waals surface area (Å²) in [4.78, 5) is 32.4. The Morgan fingerprint density at radius 3 is 2.42 bits per heavy atom. The Labute approximate surface area is 154 Å². The van der Waals surface area contributed by atoms with Crippen molar-refractivity contribution >= 4 is 30.8 Å². The molecule has 2 rings (SSSR count). The smallest absolute Gasteiger partial charge is 0.408 e. The predicted molar refractivity (Wildman–Crippen MR) is 99.5 cm³/mol. The van der Waals surface area contributed by atoms with Crippen LogP contribution in [0.2, 0.25) is 0 Å². The van der Waals surface area contributed by atoms with Gasteiger partial charge >= 0.3 is 13.6 Å². The zero-order valence-corrected chi connectivity index (χ0v) is 15.7. The lowest BCUT2D eigenvalue weighted by molar-refractivity contribution is -0.133. The van der Waals surface area contributed by atoms with Crippen LogP contribution in [0.1, 0.15) is 27.7 Å². The molecule has 0 saturated carbocycles. The summed E-state index contributed by atoms with van der Waals surface area (Å²) >= 11 is 0. The molecule has 8 nitrogen and oxygen atoms in total. The fourth-order valence-electron chi connectivity index (χ4n) is 2.64. The van der Waals surface area contributed by atoms with Crippen molar-refractivity contribution in [2.24, 2.45) is 0 Å². The van der Waals surface area contributed by atoms with Gasteiger partial charge in [-0.15, -0.1) is 0 Å². The summed E-state index contributed by atoms with van der Waals surface area (Å²) in [5, 5.41) is 11.5. The maximum atomic E-state index is 12.5. The number of alkyl carbamates (subject to hydrolysis) is 1. The highest BCUT2D eigenvalue weighted by Crippen LogP contribution is 2.13. The lowest BCUT2D eigenvalue weighted by Crippen LogP contribution is -2.54. The number of rotatable bonds is 4. The zero-order chi connectivity index (χ0) is 19.3. The van der Waals surface area contributed by atoms with E-state index in [4.69, 9.17) is 9.76 Å². The number of amides is 2. The molecular formula is C17H26BN4O4. The van der Waals surface area contributed by atoms with Crippen molar-refractivity contribution in [1.29, 1.82) is 0 Å². The van der Waals surface area contributed by atoms with E-state index in [9.17, 15) is 9.59 Å². The normalized spacial score (nSPS) is 16.0. The molecule has 1 atom stereocenters. The van der Waals surface area contributed by atoms with E-state index in [0.29, 0.717) is 31.6 Å². The third kappa shape index (κ3) is 5.62. The first-order valence-corrected chi connectivity index (χ1v) is 8.66. The second-order valence-electron chi connectivity index (χ2n) is 7.26. The van der Waals surface area contributed by atoms with Crippen LogP contribution in [0.25, 0.3) is 0 Å². The van der Waals surface area contributed by atoms with Gasteiger partial charge in [-0.05, 0) is 39.2 Å². The highest BCUT2D eigenvalue weighted by molar-refractivity contribution is 6.45. The number of hydrogen-bond donors (Lipinski definition) is 2. The first-order chi connectivity index (χ1) is 12.2. The molecule has 0 aromatic carbocycles. The number of pyridine rings is 1. The van der Waals surface area contributed by atoms with E-state index >= 15 is 0 Å². The third-order valence-electron chi connectivity index (χ3n) is 3.94. The molecule has 9 heteroatoms. The lowest BCUT2D eigenvalue weighted by atomic mass is 9.91. The zero-order valence-electron chi connectivity index (χ0n) is 15.7. The largest absolute Gasteiger partial charge is 0.450 e. The van der Waals surface area contributed by atoms with Gasteiger partial charge in [0.15, 0.2) is 0 Å². The molecule has 1 aromatic heterocycles. The first-order valence-electron chi connectivity index (χ1n) is 8.66. The number of nitrogens with zero attached hydrogens (tertiary/aromatic N) is 3. The second-order valence-corrected chi connectivity index (χ2v) is 7.26. The molecule has 2 heterocycles. The number of hydrogen-bond acceptors (Lipinski definition) is 6. The standard InChI is InChI=1S/C17H26BN4O4/c1-12(20-16(24)26-17(2,3)4)15(23)22-9-7-21(8-10-22)14-6-5-13(18-25)11-19-14/h5-6,11-12,25H,7-10H2,1-4H3,(H,20,24). The molecule has 1 aromatic rings. The van der Waals surface area contributed by atoms with Crippen molar-refractivity contribution in [3.63, 3.8) is 0 Å². The van der Waals surface area contributed by atoms with E-state index in [1.165, 1.54) is 0 Å². The third-order valence-corrected chi connectivity index (χ3v) is 3.94. The van der Waals surface area contributed by atoms with Crippen LogP contribution in [0.5, 0.6) is 0 Å². The van der Waals surface area contributed by atoms with E-state index in [2.05, 4.69) is 15.2 Å². The molecule has 1 fully saturated rings. The Bertz CT molecular complexity index is 625.